The molecule has 4 nitrogen and oxygen atoms in total. The molecule has 0 saturated carbocycles. The average molecular weight is 278 g/mol. The van der Waals surface area contributed by atoms with Crippen molar-refractivity contribution >= 4 is 0 Å². The molecule has 2 unspecified atom stereocenters. The molecule has 2 atom stereocenters. The normalized spacial score (nSPS) is 25.4. The van der Waals surface area contributed by atoms with Gasteiger partial charge in [0, 0.05) is 11.5 Å². The fourth-order valence-corrected chi connectivity index (χ4v) is 3.47. The zero-order valence-corrected chi connectivity index (χ0v) is 13.1. The van der Waals surface area contributed by atoms with Crippen LogP contribution in [-0.2, 0) is 4.74 Å². The molecular weight excluding hydrogens is 252 g/mol. The lowest BCUT2D eigenvalue weighted by molar-refractivity contribution is -0.0779. The number of hydrogen-bond acceptors (Lipinski definition) is 4. The van der Waals surface area contributed by atoms with E-state index in [0.717, 1.165) is 17.7 Å². The Morgan fingerprint density at radius 3 is 2.45 bits per heavy atom. The van der Waals surface area contributed by atoms with Gasteiger partial charge in [-0.2, -0.15) is 0 Å². The number of methoxy groups -OCH3 is 1. The lowest BCUT2D eigenvalue weighted by atomic mass is 9.79. The van der Waals surface area contributed by atoms with Crippen LogP contribution in [0.15, 0.2) is 24.3 Å². The summed E-state index contributed by atoms with van der Waals surface area (Å²) in [5.41, 5.74) is 3.68. The second kappa shape index (κ2) is 5.35. The van der Waals surface area contributed by atoms with Gasteiger partial charge in [0.05, 0.1) is 24.4 Å². The minimum atomic E-state index is -0.235. The molecule has 0 bridgehead atoms. The summed E-state index contributed by atoms with van der Waals surface area (Å²) in [5, 5.41) is 0. The summed E-state index contributed by atoms with van der Waals surface area (Å²) in [4.78, 5) is 0. The second-order valence-electron chi connectivity index (χ2n) is 6.66. The van der Waals surface area contributed by atoms with Crippen LogP contribution in [0.1, 0.15) is 45.7 Å². The van der Waals surface area contributed by atoms with E-state index in [9.17, 15) is 0 Å². The highest BCUT2D eigenvalue weighted by Gasteiger charge is 2.49. The first-order valence-electron chi connectivity index (χ1n) is 7.10. The molecule has 2 rings (SSSR count). The molecule has 0 aromatic heterocycles. The van der Waals surface area contributed by atoms with Crippen LogP contribution in [-0.4, -0.2) is 18.3 Å². The molecule has 0 radical (unpaired) electrons. The Kier molecular flexibility index (Phi) is 4.09. The van der Waals surface area contributed by atoms with Crippen molar-refractivity contribution in [3.05, 3.63) is 29.8 Å². The Bertz CT molecular complexity index is 471. The van der Waals surface area contributed by atoms with Gasteiger partial charge in [-0.15, -0.1) is 0 Å². The maximum atomic E-state index is 6.19. The van der Waals surface area contributed by atoms with Gasteiger partial charge in [-0.05, 0) is 40.2 Å². The Morgan fingerprint density at radius 2 is 1.95 bits per heavy atom. The first-order chi connectivity index (χ1) is 9.30. The third-order valence-corrected chi connectivity index (χ3v) is 4.20. The van der Waals surface area contributed by atoms with E-state index in [1.165, 1.54) is 0 Å². The molecule has 0 aliphatic carbocycles. The van der Waals surface area contributed by atoms with Crippen molar-refractivity contribution in [1.29, 1.82) is 0 Å². The summed E-state index contributed by atoms with van der Waals surface area (Å²) < 4.78 is 11.7. The van der Waals surface area contributed by atoms with Gasteiger partial charge in [0.2, 0.25) is 0 Å². The predicted octanol–water partition coefficient (Wildman–Crippen LogP) is 2.79. The fourth-order valence-electron chi connectivity index (χ4n) is 3.47. The van der Waals surface area contributed by atoms with Crippen molar-refractivity contribution in [3.8, 4) is 5.75 Å². The van der Waals surface area contributed by atoms with E-state index in [4.69, 9.17) is 15.3 Å². The largest absolute Gasteiger partial charge is 0.496 e. The number of rotatable bonds is 4. The summed E-state index contributed by atoms with van der Waals surface area (Å²) in [5.74, 6) is 6.99. The van der Waals surface area contributed by atoms with E-state index < -0.39 is 0 Å². The van der Waals surface area contributed by atoms with Crippen molar-refractivity contribution in [3.63, 3.8) is 0 Å². The lowest BCUT2D eigenvalue weighted by Gasteiger charge is -2.33. The van der Waals surface area contributed by atoms with Crippen LogP contribution in [0.5, 0.6) is 5.75 Å². The van der Waals surface area contributed by atoms with Crippen molar-refractivity contribution in [2.75, 3.05) is 7.11 Å². The van der Waals surface area contributed by atoms with Gasteiger partial charge in [0.25, 0.3) is 0 Å². The molecule has 1 fully saturated rings. The van der Waals surface area contributed by atoms with E-state index >= 15 is 0 Å². The molecule has 1 aromatic carbocycles. The smallest absolute Gasteiger partial charge is 0.123 e. The van der Waals surface area contributed by atoms with Gasteiger partial charge >= 0.3 is 0 Å². The fraction of sp³-hybridized carbons (Fsp3) is 0.625. The number of ether oxygens (including phenoxy) is 2. The van der Waals surface area contributed by atoms with Gasteiger partial charge < -0.3 is 9.47 Å². The van der Waals surface area contributed by atoms with Gasteiger partial charge in [-0.3, -0.25) is 11.3 Å². The number of benzene rings is 1. The number of para-hydroxylation sites is 1. The maximum Gasteiger partial charge on any atom is 0.123 e. The second-order valence-corrected chi connectivity index (χ2v) is 6.66. The van der Waals surface area contributed by atoms with Crippen LogP contribution in [0.4, 0.5) is 0 Å². The summed E-state index contributed by atoms with van der Waals surface area (Å²) in [7, 11) is 1.69. The minimum absolute atomic E-state index is 0.00271. The summed E-state index contributed by atoms with van der Waals surface area (Å²) in [6.45, 7) is 8.52. The summed E-state index contributed by atoms with van der Waals surface area (Å²) in [6.07, 6.45) is 0.951. The number of nitrogens with one attached hydrogen (secondary N) is 1. The SMILES string of the molecule is COc1ccccc1C(NN)C1CC(C)(C)OC1(C)C. The van der Waals surface area contributed by atoms with Crippen molar-refractivity contribution in [1.82, 2.24) is 5.43 Å². The van der Waals surface area contributed by atoms with Crippen LogP contribution in [0, 0.1) is 5.92 Å². The highest BCUT2D eigenvalue weighted by Crippen LogP contribution is 2.48. The molecule has 112 valence electrons. The Morgan fingerprint density at radius 1 is 1.30 bits per heavy atom. The third kappa shape index (κ3) is 2.82. The van der Waals surface area contributed by atoms with E-state index in [2.05, 4.69) is 39.2 Å². The number of hydrazine groups is 1. The van der Waals surface area contributed by atoms with Gasteiger partial charge in [0.15, 0.2) is 0 Å². The molecule has 4 heteroatoms. The van der Waals surface area contributed by atoms with Gasteiger partial charge in [-0.1, -0.05) is 18.2 Å². The van der Waals surface area contributed by atoms with Crippen LogP contribution in [0.25, 0.3) is 0 Å². The molecule has 20 heavy (non-hydrogen) atoms. The predicted molar refractivity (Wildman–Crippen MR) is 80.4 cm³/mol. The van der Waals surface area contributed by atoms with Crippen molar-refractivity contribution < 1.29 is 9.47 Å². The number of hydrogen-bond donors (Lipinski definition) is 2. The molecular formula is C16H26N2O2. The molecule has 1 heterocycles. The third-order valence-electron chi connectivity index (χ3n) is 4.20. The van der Waals surface area contributed by atoms with Gasteiger partial charge in [0.1, 0.15) is 5.75 Å². The topological polar surface area (TPSA) is 56.5 Å². The Balaban J connectivity index is 2.38. The molecule has 0 spiro atoms. The van der Waals surface area contributed by atoms with E-state index in [1.54, 1.807) is 7.11 Å². The zero-order valence-electron chi connectivity index (χ0n) is 13.1. The summed E-state index contributed by atoms with van der Waals surface area (Å²) >= 11 is 0. The maximum absolute atomic E-state index is 6.19. The first kappa shape index (κ1) is 15.3. The minimum Gasteiger partial charge on any atom is -0.496 e. The van der Waals surface area contributed by atoms with Crippen molar-refractivity contribution in [2.45, 2.75) is 51.4 Å². The number of nitrogens with two attached hydrogens (primary N) is 1. The average Bonchev–Trinajstić information content (AvgIpc) is 2.59. The molecule has 1 aliphatic heterocycles. The molecule has 1 aromatic rings. The van der Waals surface area contributed by atoms with Crippen LogP contribution in [0.3, 0.4) is 0 Å². The van der Waals surface area contributed by atoms with Crippen LogP contribution < -0.4 is 16.0 Å². The molecule has 0 amide bonds. The first-order valence-corrected chi connectivity index (χ1v) is 7.10. The molecule has 3 N–H and O–H groups in total. The molecule has 1 saturated heterocycles. The monoisotopic (exact) mass is 278 g/mol. The van der Waals surface area contributed by atoms with E-state index in [0.29, 0.717) is 0 Å². The van der Waals surface area contributed by atoms with Crippen LogP contribution in [0.2, 0.25) is 0 Å². The quantitative estimate of drug-likeness (QED) is 0.657. The Hall–Kier alpha value is -1.10. The highest BCUT2D eigenvalue weighted by molar-refractivity contribution is 5.37. The standard InChI is InChI=1S/C16H26N2O2/c1-15(2)10-12(16(3,4)20-15)14(18-17)11-8-6-7-9-13(11)19-5/h6-9,12,14,18H,10,17H2,1-5H3. The van der Waals surface area contributed by atoms with Crippen LogP contribution >= 0.6 is 0 Å². The van der Waals surface area contributed by atoms with E-state index in [-0.39, 0.29) is 23.2 Å². The highest BCUT2D eigenvalue weighted by atomic mass is 16.5. The molecule has 1 aliphatic rings. The van der Waals surface area contributed by atoms with E-state index in [1.807, 2.05) is 18.2 Å². The van der Waals surface area contributed by atoms with Gasteiger partial charge in [-0.25, -0.2) is 0 Å². The summed E-state index contributed by atoms with van der Waals surface area (Å²) in [6, 6.07) is 8.01. The zero-order chi connectivity index (χ0) is 15.0. The lowest BCUT2D eigenvalue weighted by Crippen LogP contribution is -2.41. The Labute approximate surface area is 121 Å². The van der Waals surface area contributed by atoms with Crippen molar-refractivity contribution in [2.24, 2.45) is 11.8 Å².